The topological polar surface area (TPSA) is 55.1 Å². The highest BCUT2D eigenvalue weighted by Crippen LogP contribution is 2.23. The Morgan fingerprint density at radius 2 is 1.84 bits per heavy atom. The molecular weight excluding hydrogens is 398 g/mol. The molecule has 0 bridgehead atoms. The zero-order valence-electron chi connectivity index (χ0n) is 9.58. The molecule has 0 aliphatic carbocycles. The molecule has 0 atom stereocenters. The lowest BCUT2D eigenvalue weighted by molar-refractivity contribution is 0.102. The molecule has 2 rings (SSSR count). The van der Waals surface area contributed by atoms with E-state index in [-0.39, 0.29) is 5.91 Å². The minimum Gasteiger partial charge on any atom is -0.399 e. The summed E-state index contributed by atoms with van der Waals surface area (Å²) in [5.41, 5.74) is 7.21. The summed E-state index contributed by atoms with van der Waals surface area (Å²) in [4.78, 5) is 12.1. The molecule has 0 aromatic heterocycles. The van der Waals surface area contributed by atoms with Crippen molar-refractivity contribution in [3.8, 4) is 0 Å². The van der Waals surface area contributed by atoms with Gasteiger partial charge in [0.25, 0.3) is 5.91 Å². The van der Waals surface area contributed by atoms with Crippen molar-refractivity contribution < 1.29 is 4.79 Å². The van der Waals surface area contributed by atoms with Gasteiger partial charge in [0.2, 0.25) is 0 Å². The smallest absolute Gasteiger partial charge is 0.255 e. The maximum atomic E-state index is 12.1. The first-order chi connectivity index (χ1) is 8.95. The largest absolute Gasteiger partial charge is 0.399 e. The molecule has 0 heterocycles. The zero-order chi connectivity index (χ0) is 14.0. The monoisotopic (exact) mass is 406 g/mol. The predicted octanol–water partition coefficient (Wildman–Crippen LogP) is 4.43. The Labute approximate surface area is 134 Å². The number of halogens is 3. The number of carbonyl (C=O) groups excluding carboxylic acids is 1. The average Bonchev–Trinajstić information content (AvgIpc) is 2.31. The molecule has 0 saturated heterocycles. The van der Waals surface area contributed by atoms with Crippen LogP contribution >= 0.6 is 45.8 Å². The van der Waals surface area contributed by atoms with Gasteiger partial charge < -0.3 is 11.1 Å². The maximum absolute atomic E-state index is 12.1. The molecular formula is C13H9Cl2IN2O. The molecule has 0 unspecified atom stereocenters. The van der Waals surface area contributed by atoms with Crippen LogP contribution in [0.2, 0.25) is 10.0 Å². The quantitative estimate of drug-likeness (QED) is 0.572. The van der Waals surface area contributed by atoms with E-state index in [9.17, 15) is 4.79 Å². The highest BCUT2D eigenvalue weighted by molar-refractivity contribution is 14.1. The summed E-state index contributed by atoms with van der Waals surface area (Å²) in [5, 5.41) is 3.84. The number of nitrogens with two attached hydrogens (primary N) is 1. The van der Waals surface area contributed by atoms with Gasteiger partial charge in [0.05, 0.1) is 5.69 Å². The number of amides is 1. The number of anilines is 2. The summed E-state index contributed by atoms with van der Waals surface area (Å²) in [6, 6.07) is 9.95. The molecule has 0 fully saturated rings. The van der Waals surface area contributed by atoms with Gasteiger partial charge in [-0.15, -0.1) is 0 Å². The summed E-state index contributed by atoms with van der Waals surface area (Å²) in [6.07, 6.45) is 0. The second kappa shape index (κ2) is 5.98. The van der Waals surface area contributed by atoms with Gasteiger partial charge in [-0.2, -0.15) is 0 Å². The van der Waals surface area contributed by atoms with Crippen LogP contribution in [0, 0.1) is 3.57 Å². The second-order valence-corrected chi connectivity index (χ2v) is 5.89. The maximum Gasteiger partial charge on any atom is 0.255 e. The Morgan fingerprint density at radius 3 is 2.47 bits per heavy atom. The van der Waals surface area contributed by atoms with Gasteiger partial charge in [0.1, 0.15) is 0 Å². The summed E-state index contributed by atoms with van der Waals surface area (Å²) in [7, 11) is 0. The molecule has 0 aliphatic heterocycles. The molecule has 0 saturated carbocycles. The number of nitrogen functional groups attached to an aromatic ring is 1. The number of hydrogen-bond donors (Lipinski definition) is 2. The summed E-state index contributed by atoms with van der Waals surface area (Å²) < 4.78 is 0.855. The third-order valence-corrected chi connectivity index (χ3v) is 3.71. The summed E-state index contributed by atoms with van der Waals surface area (Å²) in [6.45, 7) is 0. The van der Waals surface area contributed by atoms with Crippen LogP contribution in [-0.2, 0) is 0 Å². The summed E-state index contributed by atoms with van der Waals surface area (Å²) >= 11 is 13.8. The molecule has 98 valence electrons. The van der Waals surface area contributed by atoms with Crippen molar-refractivity contribution in [2.75, 3.05) is 11.1 Å². The van der Waals surface area contributed by atoms with Crippen molar-refractivity contribution in [2.45, 2.75) is 0 Å². The first-order valence-electron chi connectivity index (χ1n) is 5.28. The lowest BCUT2D eigenvalue weighted by Crippen LogP contribution is -2.13. The normalized spacial score (nSPS) is 10.3. The molecule has 2 aromatic rings. The molecule has 19 heavy (non-hydrogen) atoms. The van der Waals surface area contributed by atoms with Crippen molar-refractivity contribution in [1.82, 2.24) is 0 Å². The molecule has 6 heteroatoms. The number of carbonyl (C=O) groups is 1. The first-order valence-corrected chi connectivity index (χ1v) is 7.11. The van der Waals surface area contributed by atoms with E-state index in [1.54, 1.807) is 36.4 Å². The third kappa shape index (κ3) is 3.75. The Hall–Kier alpha value is -0.980. The molecule has 3 N–H and O–H groups in total. The van der Waals surface area contributed by atoms with E-state index in [0.717, 1.165) is 3.57 Å². The minimum absolute atomic E-state index is 0.269. The van der Waals surface area contributed by atoms with Gasteiger partial charge in [-0.3, -0.25) is 4.79 Å². The number of nitrogens with one attached hydrogen (secondary N) is 1. The van der Waals surface area contributed by atoms with Gasteiger partial charge in [-0.1, -0.05) is 23.2 Å². The van der Waals surface area contributed by atoms with E-state index in [1.807, 2.05) is 0 Å². The fourth-order valence-electron chi connectivity index (χ4n) is 1.53. The third-order valence-electron chi connectivity index (χ3n) is 2.36. The number of benzene rings is 2. The Bertz CT molecular complexity index is 626. The zero-order valence-corrected chi connectivity index (χ0v) is 13.3. The van der Waals surface area contributed by atoms with Crippen LogP contribution in [0.25, 0.3) is 0 Å². The van der Waals surface area contributed by atoms with Crippen molar-refractivity contribution in [2.24, 2.45) is 0 Å². The van der Waals surface area contributed by atoms with Crippen molar-refractivity contribution in [3.05, 3.63) is 55.6 Å². The van der Waals surface area contributed by atoms with Crippen LogP contribution < -0.4 is 11.1 Å². The fraction of sp³-hybridized carbons (Fsp3) is 0. The molecule has 0 spiro atoms. The Kier molecular flexibility index (Phi) is 4.54. The number of rotatable bonds is 2. The van der Waals surface area contributed by atoms with Crippen molar-refractivity contribution in [3.63, 3.8) is 0 Å². The van der Waals surface area contributed by atoms with Gasteiger partial charge in [-0.05, 0) is 59.0 Å². The summed E-state index contributed by atoms with van der Waals surface area (Å²) in [5.74, 6) is -0.269. The van der Waals surface area contributed by atoms with E-state index in [0.29, 0.717) is 27.0 Å². The van der Waals surface area contributed by atoms with Gasteiger partial charge in [0, 0.05) is 24.9 Å². The SMILES string of the molecule is Nc1cc(Cl)cc(C(=O)Nc2ccc(Cl)cc2I)c1. The lowest BCUT2D eigenvalue weighted by Gasteiger charge is -2.08. The molecule has 1 amide bonds. The van der Waals surface area contributed by atoms with E-state index >= 15 is 0 Å². The highest BCUT2D eigenvalue weighted by atomic mass is 127. The fourth-order valence-corrected chi connectivity index (χ4v) is 2.78. The molecule has 2 aromatic carbocycles. The van der Waals surface area contributed by atoms with Crippen LogP contribution in [0.1, 0.15) is 10.4 Å². The van der Waals surface area contributed by atoms with Crippen molar-refractivity contribution >= 4 is 63.1 Å². The van der Waals surface area contributed by atoms with E-state index in [4.69, 9.17) is 28.9 Å². The number of hydrogen-bond acceptors (Lipinski definition) is 2. The van der Waals surface area contributed by atoms with Gasteiger partial charge in [-0.25, -0.2) is 0 Å². The van der Waals surface area contributed by atoms with Crippen LogP contribution in [0.3, 0.4) is 0 Å². The minimum atomic E-state index is -0.269. The van der Waals surface area contributed by atoms with E-state index < -0.39 is 0 Å². The van der Waals surface area contributed by atoms with Gasteiger partial charge in [0.15, 0.2) is 0 Å². The van der Waals surface area contributed by atoms with Crippen LogP contribution in [-0.4, -0.2) is 5.91 Å². The Morgan fingerprint density at radius 1 is 1.11 bits per heavy atom. The van der Waals surface area contributed by atoms with Crippen molar-refractivity contribution in [1.29, 1.82) is 0 Å². The predicted molar refractivity (Wildman–Crippen MR) is 88.0 cm³/mol. The second-order valence-electron chi connectivity index (χ2n) is 3.85. The Balaban J connectivity index is 2.25. The average molecular weight is 407 g/mol. The van der Waals surface area contributed by atoms with E-state index in [1.165, 1.54) is 0 Å². The first kappa shape index (κ1) is 14.4. The molecule has 0 radical (unpaired) electrons. The standard InChI is InChI=1S/C13H9Cl2IN2O/c14-8-1-2-12(11(16)6-8)18-13(19)7-3-9(15)5-10(17)4-7/h1-6H,17H2,(H,18,19). The highest BCUT2D eigenvalue weighted by Gasteiger charge is 2.10. The lowest BCUT2D eigenvalue weighted by atomic mass is 10.2. The van der Waals surface area contributed by atoms with E-state index in [2.05, 4.69) is 27.9 Å². The van der Waals surface area contributed by atoms with Crippen LogP contribution in [0.4, 0.5) is 11.4 Å². The molecule has 3 nitrogen and oxygen atoms in total. The molecule has 0 aliphatic rings. The van der Waals surface area contributed by atoms with Gasteiger partial charge >= 0.3 is 0 Å². The van der Waals surface area contributed by atoms with Crippen LogP contribution in [0.5, 0.6) is 0 Å². The van der Waals surface area contributed by atoms with Crippen LogP contribution in [0.15, 0.2) is 36.4 Å².